The van der Waals surface area contributed by atoms with Crippen LogP contribution in [0, 0.1) is 10.1 Å². The normalized spacial score (nSPS) is 10.5. The van der Waals surface area contributed by atoms with Gasteiger partial charge in [0.15, 0.2) is 5.82 Å². The van der Waals surface area contributed by atoms with Crippen molar-refractivity contribution in [3.8, 4) is 11.5 Å². The third-order valence-corrected chi connectivity index (χ3v) is 2.42. The highest BCUT2D eigenvalue weighted by atomic mass is 16.6. The first-order valence-electron chi connectivity index (χ1n) is 5.48. The van der Waals surface area contributed by atoms with Gasteiger partial charge in [0.05, 0.1) is 10.5 Å². The van der Waals surface area contributed by atoms with Gasteiger partial charge < -0.3 is 10.3 Å². The van der Waals surface area contributed by atoms with Gasteiger partial charge in [0.25, 0.3) is 11.6 Å². The average molecular weight is 248 g/mol. The van der Waals surface area contributed by atoms with Crippen LogP contribution in [-0.2, 0) is 6.42 Å². The molecule has 0 aliphatic heterocycles. The Kier molecular flexibility index (Phi) is 3.22. The lowest BCUT2D eigenvalue weighted by molar-refractivity contribution is -0.384. The van der Waals surface area contributed by atoms with Gasteiger partial charge in [-0.05, 0) is 12.5 Å². The number of nitro groups is 1. The van der Waals surface area contributed by atoms with E-state index in [1.807, 2.05) is 6.92 Å². The molecule has 0 aliphatic carbocycles. The smallest absolute Gasteiger partial charge is 0.270 e. The summed E-state index contributed by atoms with van der Waals surface area (Å²) in [6.07, 6.45) is 1.59. The van der Waals surface area contributed by atoms with Crippen LogP contribution >= 0.6 is 0 Å². The third-order valence-electron chi connectivity index (χ3n) is 2.42. The van der Waals surface area contributed by atoms with E-state index in [9.17, 15) is 10.1 Å². The topological polar surface area (TPSA) is 108 Å². The van der Waals surface area contributed by atoms with Crippen LogP contribution in [0.4, 0.5) is 11.4 Å². The number of nitro benzene ring substituents is 1. The molecule has 0 saturated heterocycles. The highest BCUT2D eigenvalue weighted by Crippen LogP contribution is 2.28. The highest BCUT2D eigenvalue weighted by Gasteiger charge is 2.15. The summed E-state index contributed by atoms with van der Waals surface area (Å²) in [6.45, 7) is 2.00. The zero-order chi connectivity index (χ0) is 13.1. The molecular weight excluding hydrogens is 236 g/mol. The maximum absolute atomic E-state index is 10.7. The first-order chi connectivity index (χ1) is 8.61. The van der Waals surface area contributed by atoms with E-state index < -0.39 is 4.92 Å². The summed E-state index contributed by atoms with van der Waals surface area (Å²) < 4.78 is 5.06. The molecule has 1 aromatic carbocycles. The Morgan fingerprint density at radius 3 is 2.94 bits per heavy atom. The summed E-state index contributed by atoms with van der Waals surface area (Å²) in [4.78, 5) is 14.4. The van der Waals surface area contributed by atoms with E-state index in [1.165, 1.54) is 18.2 Å². The van der Waals surface area contributed by atoms with Gasteiger partial charge >= 0.3 is 0 Å². The molecule has 7 nitrogen and oxygen atoms in total. The van der Waals surface area contributed by atoms with Gasteiger partial charge in [0.1, 0.15) is 0 Å². The molecule has 0 spiro atoms. The van der Waals surface area contributed by atoms with Crippen molar-refractivity contribution in [2.45, 2.75) is 19.8 Å². The maximum atomic E-state index is 10.7. The van der Waals surface area contributed by atoms with Crippen molar-refractivity contribution in [1.29, 1.82) is 0 Å². The number of nitrogens with zero attached hydrogens (tertiary/aromatic N) is 3. The second-order valence-electron chi connectivity index (χ2n) is 3.79. The second kappa shape index (κ2) is 4.82. The number of non-ortho nitro benzene ring substituents is 1. The zero-order valence-corrected chi connectivity index (χ0v) is 9.79. The van der Waals surface area contributed by atoms with Crippen molar-refractivity contribution in [3.05, 3.63) is 34.1 Å². The number of hydrogen-bond acceptors (Lipinski definition) is 6. The fraction of sp³-hybridized carbons (Fsp3) is 0.273. The number of nitrogen functional groups attached to an aromatic ring is 1. The van der Waals surface area contributed by atoms with Gasteiger partial charge in [-0.1, -0.05) is 12.1 Å². The summed E-state index contributed by atoms with van der Waals surface area (Å²) in [7, 11) is 0. The molecule has 0 unspecified atom stereocenters. The lowest BCUT2D eigenvalue weighted by atomic mass is 10.1. The Bertz CT molecular complexity index is 579. The molecule has 0 fully saturated rings. The molecule has 0 radical (unpaired) electrons. The summed E-state index contributed by atoms with van der Waals surface area (Å²) >= 11 is 0. The quantitative estimate of drug-likeness (QED) is 0.504. The standard InChI is InChI=1S/C11H12N4O3/c1-2-3-10-13-11(18-14-10)8-6-7(15(16)17)4-5-9(8)12/h4-6H,2-3,12H2,1H3. The minimum absolute atomic E-state index is 0.0607. The predicted molar refractivity (Wildman–Crippen MR) is 64.8 cm³/mol. The summed E-state index contributed by atoms with van der Waals surface area (Å²) in [6, 6.07) is 4.12. The molecule has 2 rings (SSSR count). The van der Waals surface area contributed by atoms with E-state index in [0.29, 0.717) is 23.5 Å². The van der Waals surface area contributed by atoms with E-state index in [2.05, 4.69) is 10.1 Å². The number of nitrogens with two attached hydrogens (primary N) is 1. The van der Waals surface area contributed by atoms with Gasteiger partial charge in [0, 0.05) is 24.2 Å². The van der Waals surface area contributed by atoms with Gasteiger partial charge in [-0.25, -0.2) is 0 Å². The van der Waals surface area contributed by atoms with Gasteiger partial charge in [-0.2, -0.15) is 4.98 Å². The van der Waals surface area contributed by atoms with Crippen LogP contribution in [0.25, 0.3) is 11.5 Å². The summed E-state index contributed by atoms with van der Waals surface area (Å²) in [5.41, 5.74) is 6.45. The summed E-state index contributed by atoms with van der Waals surface area (Å²) in [5, 5.41) is 14.5. The molecule has 0 bridgehead atoms. The van der Waals surface area contributed by atoms with E-state index in [0.717, 1.165) is 6.42 Å². The number of anilines is 1. The first kappa shape index (κ1) is 12.0. The van der Waals surface area contributed by atoms with Gasteiger partial charge in [-0.3, -0.25) is 10.1 Å². The number of rotatable bonds is 4. The highest BCUT2D eigenvalue weighted by molar-refractivity contribution is 5.73. The van der Waals surface area contributed by atoms with E-state index in [4.69, 9.17) is 10.3 Å². The van der Waals surface area contributed by atoms with Crippen LogP contribution in [0.2, 0.25) is 0 Å². The van der Waals surface area contributed by atoms with Crippen LogP contribution in [0.15, 0.2) is 22.7 Å². The molecule has 1 aromatic heterocycles. The first-order valence-corrected chi connectivity index (χ1v) is 5.48. The van der Waals surface area contributed by atoms with Crippen LogP contribution in [0.3, 0.4) is 0 Å². The maximum Gasteiger partial charge on any atom is 0.270 e. The molecule has 2 N–H and O–H groups in total. The average Bonchev–Trinajstić information content (AvgIpc) is 2.78. The second-order valence-corrected chi connectivity index (χ2v) is 3.79. The van der Waals surface area contributed by atoms with E-state index in [1.54, 1.807) is 0 Å². The van der Waals surface area contributed by atoms with Gasteiger partial charge in [0.2, 0.25) is 0 Å². The molecule has 0 saturated carbocycles. The van der Waals surface area contributed by atoms with Crippen LogP contribution in [0.5, 0.6) is 0 Å². The summed E-state index contributed by atoms with van der Waals surface area (Å²) in [5.74, 6) is 0.776. The van der Waals surface area contributed by atoms with Crippen molar-refractivity contribution < 1.29 is 9.45 Å². The van der Waals surface area contributed by atoms with Crippen LogP contribution in [0.1, 0.15) is 19.2 Å². The molecule has 7 heteroatoms. The van der Waals surface area contributed by atoms with Crippen molar-refractivity contribution >= 4 is 11.4 Å². The lowest BCUT2D eigenvalue weighted by Gasteiger charge is -1.99. The minimum atomic E-state index is -0.494. The Balaban J connectivity index is 2.41. The molecular formula is C11H12N4O3. The van der Waals surface area contributed by atoms with Crippen LogP contribution in [-0.4, -0.2) is 15.1 Å². The Morgan fingerprint density at radius 1 is 1.50 bits per heavy atom. The fourth-order valence-electron chi connectivity index (χ4n) is 1.53. The lowest BCUT2D eigenvalue weighted by Crippen LogP contribution is -1.94. The fourth-order valence-corrected chi connectivity index (χ4v) is 1.53. The van der Waals surface area contributed by atoms with Crippen LogP contribution < -0.4 is 5.73 Å². The largest absolute Gasteiger partial charge is 0.398 e. The van der Waals surface area contributed by atoms with E-state index in [-0.39, 0.29) is 11.6 Å². The minimum Gasteiger partial charge on any atom is -0.398 e. The molecule has 1 heterocycles. The number of aryl methyl sites for hydroxylation is 1. The molecule has 2 aromatic rings. The molecule has 0 amide bonds. The third kappa shape index (κ3) is 2.29. The van der Waals surface area contributed by atoms with E-state index >= 15 is 0 Å². The van der Waals surface area contributed by atoms with Gasteiger partial charge in [-0.15, -0.1) is 0 Å². The number of hydrogen-bond donors (Lipinski definition) is 1. The monoisotopic (exact) mass is 248 g/mol. The van der Waals surface area contributed by atoms with Crippen molar-refractivity contribution in [1.82, 2.24) is 10.1 Å². The van der Waals surface area contributed by atoms with Crippen molar-refractivity contribution in [2.75, 3.05) is 5.73 Å². The number of aromatic nitrogens is 2. The molecule has 0 atom stereocenters. The molecule has 94 valence electrons. The Hall–Kier alpha value is -2.44. The zero-order valence-electron chi connectivity index (χ0n) is 9.79. The predicted octanol–water partition coefficient (Wildman–Crippen LogP) is 2.18. The SMILES string of the molecule is CCCc1noc(-c2cc([N+](=O)[O-])ccc2N)n1. The Morgan fingerprint density at radius 2 is 2.28 bits per heavy atom. The molecule has 0 aliphatic rings. The molecule has 18 heavy (non-hydrogen) atoms. The van der Waals surface area contributed by atoms with Crippen molar-refractivity contribution in [2.24, 2.45) is 0 Å². The number of benzene rings is 1. The Labute approximate surface area is 103 Å². The van der Waals surface area contributed by atoms with Crippen molar-refractivity contribution in [3.63, 3.8) is 0 Å².